The molecule has 0 amide bonds. The highest BCUT2D eigenvalue weighted by Crippen LogP contribution is 2.43. The molecule has 5 heteroatoms. The molecule has 3 rings (SSSR count). The standard InChI is InChI=1S/C15H18N2O3/c1-18-13-7-11(12-8-14(16)20-17-12)15(19-2)10-6-4-3-5-9(10)13/h7-8H,3-6,16H2,1-2H3. The van der Waals surface area contributed by atoms with Gasteiger partial charge in [0.1, 0.15) is 17.2 Å². The fourth-order valence-corrected chi connectivity index (χ4v) is 2.90. The van der Waals surface area contributed by atoms with E-state index in [9.17, 15) is 0 Å². The summed E-state index contributed by atoms with van der Waals surface area (Å²) in [7, 11) is 3.38. The summed E-state index contributed by atoms with van der Waals surface area (Å²) in [5.74, 6) is 2.03. The van der Waals surface area contributed by atoms with E-state index in [1.807, 2.05) is 6.07 Å². The van der Waals surface area contributed by atoms with Crippen LogP contribution < -0.4 is 15.2 Å². The van der Waals surface area contributed by atoms with Gasteiger partial charge in [-0.3, -0.25) is 0 Å². The van der Waals surface area contributed by atoms with Crippen molar-refractivity contribution >= 4 is 5.88 Å². The number of hydrogen-bond donors (Lipinski definition) is 1. The predicted molar refractivity (Wildman–Crippen MR) is 76.1 cm³/mol. The van der Waals surface area contributed by atoms with E-state index in [2.05, 4.69) is 5.16 Å². The van der Waals surface area contributed by atoms with Crippen LogP contribution in [0.5, 0.6) is 11.5 Å². The summed E-state index contributed by atoms with van der Waals surface area (Å²) in [6.45, 7) is 0. The summed E-state index contributed by atoms with van der Waals surface area (Å²) in [5.41, 5.74) is 9.62. The van der Waals surface area contributed by atoms with Crippen LogP contribution in [0.2, 0.25) is 0 Å². The van der Waals surface area contributed by atoms with Gasteiger partial charge in [0.25, 0.3) is 0 Å². The maximum Gasteiger partial charge on any atom is 0.222 e. The minimum Gasteiger partial charge on any atom is -0.496 e. The summed E-state index contributed by atoms with van der Waals surface area (Å²) in [4.78, 5) is 0. The zero-order chi connectivity index (χ0) is 14.1. The third-order valence-electron chi connectivity index (χ3n) is 3.79. The Hall–Kier alpha value is -2.17. The lowest BCUT2D eigenvalue weighted by molar-refractivity contribution is 0.390. The van der Waals surface area contributed by atoms with Crippen molar-refractivity contribution in [1.82, 2.24) is 5.16 Å². The molecule has 0 saturated heterocycles. The van der Waals surface area contributed by atoms with Crippen molar-refractivity contribution in [3.05, 3.63) is 23.3 Å². The lowest BCUT2D eigenvalue weighted by Gasteiger charge is -2.23. The summed E-state index contributed by atoms with van der Waals surface area (Å²) < 4.78 is 16.1. The fraction of sp³-hybridized carbons (Fsp3) is 0.400. The number of aromatic nitrogens is 1. The van der Waals surface area contributed by atoms with Crippen LogP contribution in [0, 0.1) is 0 Å². The second-order valence-corrected chi connectivity index (χ2v) is 4.94. The van der Waals surface area contributed by atoms with Crippen LogP contribution in [0.25, 0.3) is 11.3 Å². The van der Waals surface area contributed by atoms with Gasteiger partial charge in [0, 0.05) is 22.8 Å². The van der Waals surface area contributed by atoms with Gasteiger partial charge in [0.15, 0.2) is 0 Å². The first-order valence-corrected chi connectivity index (χ1v) is 6.74. The van der Waals surface area contributed by atoms with E-state index in [4.69, 9.17) is 19.7 Å². The van der Waals surface area contributed by atoms with Crippen LogP contribution in [-0.2, 0) is 12.8 Å². The SMILES string of the molecule is COc1cc(-c2cc(N)on2)c(OC)c2c1CCCC2. The van der Waals surface area contributed by atoms with E-state index in [0.29, 0.717) is 11.6 Å². The Morgan fingerprint density at radius 3 is 2.45 bits per heavy atom. The molecule has 5 nitrogen and oxygen atoms in total. The van der Waals surface area contributed by atoms with E-state index in [-0.39, 0.29) is 0 Å². The predicted octanol–water partition coefficient (Wildman–Crippen LogP) is 2.82. The molecule has 1 aromatic heterocycles. The highest BCUT2D eigenvalue weighted by Gasteiger charge is 2.23. The molecule has 0 fully saturated rings. The lowest BCUT2D eigenvalue weighted by Crippen LogP contribution is -2.08. The largest absolute Gasteiger partial charge is 0.496 e. The van der Waals surface area contributed by atoms with Crippen molar-refractivity contribution in [1.29, 1.82) is 0 Å². The molecular weight excluding hydrogens is 256 g/mol. The van der Waals surface area contributed by atoms with Gasteiger partial charge in [-0.05, 0) is 31.7 Å². The third-order valence-corrected chi connectivity index (χ3v) is 3.79. The summed E-state index contributed by atoms with van der Waals surface area (Å²) >= 11 is 0. The Labute approximate surface area is 117 Å². The number of methoxy groups -OCH3 is 2. The van der Waals surface area contributed by atoms with Gasteiger partial charge < -0.3 is 19.7 Å². The van der Waals surface area contributed by atoms with Crippen molar-refractivity contribution in [2.75, 3.05) is 20.0 Å². The highest BCUT2D eigenvalue weighted by molar-refractivity contribution is 5.74. The lowest BCUT2D eigenvalue weighted by atomic mass is 9.88. The molecule has 1 aliphatic rings. The maximum atomic E-state index is 5.63. The van der Waals surface area contributed by atoms with Crippen molar-refractivity contribution in [2.24, 2.45) is 0 Å². The number of nitrogens with zero attached hydrogens (tertiary/aromatic N) is 1. The summed E-state index contributed by atoms with van der Waals surface area (Å²) in [6, 6.07) is 3.66. The normalized spacial score (nSPS) is 13.9. The molecule has 0 saturated carbocycles. The average molecular weight is 274 g/mol. The van der Waals surface area contributed by atoms with Crippen molar-refractivity contribution in [3.63, 3.8) is 0 Å². The van der Waals surface area contributed by atoms with Gasteiger partial charge >= 0.3 is 0 Å². The molecule has 0 spiro atoms. The Kier molecular flexibility index (Phi) is 3.26. The Balaban J connectivity index is 2.23. The van der Waals surface area contributed by atoms with Gasteiger partial charge in [0.05, 0.1) is 14.2 Å². The first-order chi connectivity index (χ1) is 9.74. The second kappa shape index (κ2) is 5.07. The van der Waals surface area contributed by atoms with Crippen molar-refractivity contribution < 1.29 is 14.0 Å². The van der Waals surface area contributed by atoms with E-state index in [1.165, 1.54) is 17.5 Å². The number of nitrogen functional groups attached to an aromatic ring is 1. The van der Waals surface area contributed by atoms with Crippen molar-refractivity contribution in [3.8, 4) is 22.8 Å². The smallest absolute Gasteiger partial charge is 0.222 e. The van der Waals surface area contributed by atoms with Gasteiger partial charge in [-0.1, -0.05) is 5.16 Å². The van der Waals surface area contributed by atoms with Gasteiger partial charge in [-0.2, -0.15) is 0 Å². The Morgan fingerprint density at radius 1 is 1.10 bits per heavy atom. The topological polar surface area (TPSA) is 70.5 Å². The van der Waals surface area contributed by atoms with Crippen LogP contribution in [0.4, 0.5) is 5.88 Å². The molecule has 0 unspecified atom stereocenters. The Morgan fingerprint density at radius 2 is 1.85 bits per heavy atom. The minimum absolute atomic E-state index is 0.291. The number of benzene rings is 1. The molecule has 0 atom stereocenters. The molecule has 0 bridgehead atoms. The molecule has 1 aromatic carbocycles. The number of rotatable bonds is 3. The first kappa shape index (κ1) is 12.8. The first-order valence-electron chi connectivity index (χ1n) is 6.74. The zero-order valence-electron chi connectivity index (χ0n) is 11.7. The van der Waals surface area contributed by atoms with Gasteiger partial charge in [-0.15, -0.1) is 0 Å². The number of anilines is 1. The van der Waals surface area contributed by atoms with E-state index < -0.39 is 0 Å². The number of fused-ring (bicyclic) bond motifs is 1. The molecule has 1 heterocycles. The molecular formula is C15H18N2O3. The maximum absolute atomic E-state index is 5.63. The molecule has 20 heavy (non-hydrogen) atoms. The van der Waals surface area contributed by atoms with E-state index >= 15 is 0 Å². The van der Waals surface area contributed by atoms with E-state index in [1.54, 1.807) is 20.3 Å². The zero-order valence-corrected chi connectivity index (χ0v) is 11.7. The minimum atomic E-state index is 0.291. The molecule has 0 radical (unpaired) electrons. The van der Waals surface area contributed by atoms with Crippen LogP contribution in [0.3, 0.4) is 0 Å². The fourth-order valence-electron chi connectivity index (χ4n) is 2.90. The van der Waals surface area contributed by atoms with Crippen LogP contribution >= 0.6 is 0 Å². The number of nitrogens with two attached hydrogens (primary N) is 1. The molecule has 2 aromatic rings. The summed E-state index contributed by atoms with van der Waals surface area (Å²) in [6.07, 6.45) is 4.37. The Bertz CT molecular complexity index is 634. The quantitative estimate of drug-likeness (QED) is 0.931. The van der Waals surface area contributed by atoms with Gasteiger partial charge in [0.2, 0.25) is 5.88 Å². The van der Waals surface area contributed by atoms with Crippen LogP contribution in [-0.4, -0.2) is 19.4 Å². The van der Waals surface area contributed by atoms with Crippen molar-refractivity contribution in [2.45, 2.75) is 25.7 Å². The molecule has 1 aliphatic carbocycles. The second-order valence-electron chi connectivity index (χ2n) is 4.94. The monoisotopic (exact) mass is 274 g/mol. The third kappa shape index (κ3) is 1.99. The highest BCUT2D eigenvalue weighted by atomic mass is 16.5. The molecule has 106 valence electrons. The average Bonchev–Trinajstić information content (AvgIpc) is 2.91. The van der Waals surface area contributed by atoms with Crippen LogP contribution in [0.15, 0.2) is 16.7 Å². The molecule has 2 N–H and O–H groups in total. The van der Waals surface area contributed by atoms with E-state index in [0.717, 1.165) is 36.3 Å². The van der Waals surface area contributed by atoms with Gasteiger partial charge in [-0.25, -0.2) is 0 Å². The summed E-state index contributed by atoms with van der Waals surface area (Å²) in [5, 5.41) is 3.98. The molecule has 0 aliphatic heterocycles. The van der Waals surface area contributed by atoms with Crippen LogP contribution in [0.1, 0.15) is 24.0 Å². The number of ether oxygens (including phenoxy) is 2. The number of hydrogen-bond acceptors (Lipinski definition) is 5.